The first-order chi connectivity index (χ1) is 8.13. The molecule has 0 unspecified atom stereocenters. The molecule has 0 N–H and O–H groups in total. The Morgan fingerprint density at radius 2 is 2.41 bits per heavy atom. The molecule has 0 aliphatic carbocycles. The van der Waals surface area contributed by atoms with E-state index >= 15 is 0 Å². The van der Waals surface area contributed by atoms with Crippen molar-refractivity contribution in [3.8, 4) is 0 Å². The number of carbonyl (C=O) groups is 1. The molecule has 0 aliphatic heterocycles. The topological polar surface area (TPSA) is 38.1 Å². The molecular weight excluding hydrogens is 214 g/mol. The molecule has 0 bridgehead atoms. The summed E-state index contributed by atoms with van der Waals surface area (Å²) in [5.74, 6) is -0.0804. The summed E-state index contributed by atoms with van der Waals surface area (Å²) in [6.45, 7) is 4.03. The van der Waals surface area contributed by atoms with Crippen molar-refractivity contribution in [1.82, 2.24) is 14.5 Å². The number of likely N-dealkylation sites (N-methyl/N-ethyl adjacent to an activating group) is 1. The SMILES string of the molecule is C=CC(=O)N(C)Cc1cc2cccnc2n1C. The Bertz CT molecular complexity index is 571. The van der Waals surface area contributed by atoms with Crippen LogP contribution in [0, 0.1) is 0 Å². The van der Waals surface area contributed by atoms with Gasteiger partial charge in [0.2, 0.25) is 5.91 Å². The third kappa shape index (κ3) is 2.06. The molecular formula is C13H15N3O. The van der Waals surface area contributed by atoms with Crippen LogP contribution in [-0.2, 0) is 18.4 Å². The van der Waals surface area contributed by atoms with E-state index in [9.17, 15) is 4.79 Å². The van der Waals surface area contributed by atoms with Crippen molar-refractivity contribution < 1.29 is 4.79 Å². The van der Waals surface area contributed by atoms with E-state index in [1.807, 2.05) is 23.7 Å². The summed E-state index contributed by atoms with van der Waals surface area (Å²) in [4.78, 5) is 17.4. The van der Waals surface area contributed by atoms with Crippen molar-refractivity contribution in [3.05, 3.63) is 42.7 Å². The number of aromatic nitrogens is 2. The number of hydrogen-bond acceptors (Lipinski definition) is 2. The quantitative estimate of drug-likeness (QED) is 0.752. The van der Waals surface area contributed by atoms with E-state index in [-0.39, 0.29) is 5.91 Å². The third-order valence-corrected chi connectivity index (χ3v) is 2.84. The highest BCUT2D eigenvalue weighted by molar-refractivity contribution is 5.86. The summed E-state index contributed by atoms with van der Waals surface area (Å²) < 4.78 is 2.00. The minimum atomic E-state index is -0.0804. The molecule has 2 aromatic rings. The fourth-order valence-electron chi connectivity index (χ4n) is 1.84. The summed E-state index contributed by atoms with van der Waals surface area (Å²) >= 11 is 0. The maximum Gasteiger partial charge on any atom is 0.246 e. The normalized spacial score (nSPS) is 10.5. The highest BCUT2D eigenvalue weighted by Gasteiger charge is 2.10. The van der Waals surface area contributed by atoms with Gasteiger partial charge < -0.3 is 9.47 Å². The number of nitrogens with zero attached hydrogens (tertiary/aromatic N) is 3. The monoisotopic (exact) mass is 229 g/mol. The van der Waals surface area contributed by atoms with Gasteiger partial charge >= 0.3 is 0 Å². The van der Waals surface area contributed by atoms with Crippen LogP contribution in [0.25, 0.3) is 11.0 Å². The van der Waals surface area contributed by atoms with Gasteiger partial charge in [-0.1, -0.05) is 6.58 Å². The zero-order chi connectivity index (χ0) is 12.4. The van der Waals surface area contributed by atoms with Crippen LogP contribution in [0.3, 0.4) is 0 Å². The molecule has 0 aliphatic rings. The van der Waals surface area contributed by atoms with Gasteiger partial charge in [0.15, 0.2) is 0 Å². The van der Waals surface area contributed by atoms with Crippen molar-refractivity contribution in [2.75, 3.05) is 7.05 Å². The molecule has 2 heterocycles. The Kier molecular flexibility index (Phi) is 2.95. The molecule has 1 amide bonds. The maximum atomic E-state index is 11.4. The second kappa shape index (κ2) is 4.41. The van der Waals surface area contributed by atoms with Crippen LogP contribution < -0.4 is 0 Å². The highest BCUT2D eigenvalue weighted by Crippen LogP contribution is 2.17. The van der Waals surface area contributed by atoms with Crippen molar-refractivity contribution in [1.29, 1.82) is 0 Å². The smallest absolute Gasteiger partial charge is 0.246 e. The Balaban J connectivity index is 2.33. The maximum absolute atomic E-state index is 11.4. The van der Waals surface area contributed by atoms with Crippen molar-refractivity contribution >= 4 is 16.9 Å². The van der Waals surface area contributed by atoms with Gasteiger partial charge in [-0.15, -0.1) is 0 Å². The zero-order valence-electron chi connectivity index (χ0n) is 10.1. The summed E-state index contributed by atoms with van der Waals surface area (Å²) in [5, 5.41) is 1.09. The van der Waals surface area contributed by atoms with E-state index in [2.05, 4.69) is 17.6 Å². The standard InChI is InChI=1S/C13H15N3O/c1-4-12(17)15(2)9-11-8-10-6-5-7-14-13(10)16(11)3/h4-8H,1,9H2,2-3H3. The molecule has 0 radical (unpaired) electrons. The predicted molar refractivity (Wildman–Crippen MR) is 67.4 cm³/mol. The Morgan fingerprint density at radius 3 is 3.06 bits per heavy atom. The Morgan fingerprint density at radius 1 is 1.65 bits per heavy atom. The number of fused-ring (bicyclic) bond motifs is 1. The summed E-state index contributed by atoms with van der Waals surface area (Å²) in [7, 11) is 3.71. The van der Waals surface area contributed by atoms with Crippen LogP contribution >= 0.6 is 0 Å². The molecule has 0 saturated carbocycles. The average molecular weight is 229 g/mol. The fraction of sp³-hybridized carbons (Fsp3) is 0.231. The second-order valence-electron chi connectivity index (χ2n) is 4.01. The third-order valence-electron chi connectivity index (χ3n) is 2.84. The van der Waals surface area contributed by atoms with Crippen LogP contribution in [0.4, 0.5) is 0 Å². The van der Waals surface area contributed by atoms with Crippen LogP contribution in [0.1, 0.15) is 5.69 Å². The van der Waals surface area contributed by atoms with Crippen LogP contribution in [0.2, 0.25) is 0 Å². The molecule has 4 heteroatoms. The Hall–Kier alpha value is -2.10. The van der Waals surface area contributed by atoms with Crippen LogP contribution in [0.15, 0.2) is 37.1 Å². The van der Waals surface area contributed by atoms with E-state index in [1.54, 1.807) is 18.1 Å². The van der Waals surface area contributed by atoms with Gasteiger partial charge in [0.1, 0.15) is 5.65 Å². The van der Waals surface area contributed by atoms with E-state index in [0.29, 0.717) is 6.54 Å². The number of amides is 1. The minimum Gasteiger partial charge on any atom is -0.336 e. The van der Waals surface area contributed by atoms with Crippen LogP contribution in [-0.4, -0.2) is 27.4 Å². The highest BCUT2D eigenvalue weighted by atomic mass is 16.2. The molecule has 17 heavy (non-hydrogen) atoms. The van der Waals surface area contributed by atoms with Gasteiger partial charge in [-0.25, -0.2) is 4.98 Å². The van der Waals surface area contributed by atoms with Crippen molar-refractivity contribution in [3.63, 3.8) is 0 Å². The van der Waals surface area contributed by atoms with Crippen molar-refractivity contribution in [2.24, 2.45) is 7.05 Å². The summed E-state index contributed by atoms with van der Waals surface area (Å²) in [5.41, 5.74) is 1.98. The lowest BCUT2D eigenvalue weighted by molar-refractivity contribution is -0.125. The molecule has 0 saturated heterocycles. The van der Waals surface area contributed by atoms with Crippen LogP contribution in [0.5, 0.6) is 0 Å². The largest absolute Gasteiger partial charge is 0.336 e. The zero-order valence-corrected chi connectivity index (χ0v) is 10.1. The molecule has 2 rings (SSSR count). The number of rotatable bonds is 3. The number of pyridine rings is 1. The first kappa shape index (κ1) is 11.4. The molecule has 88 valence electrons. The first-order valence-electron chi connectivity index (χ1n) is 5.40. The van der Waals surface area contributed by atoms with Gasteiger partial charge in [0.05, 0.1) is 6.54 Å². The van der Waals surface area contributed by atoms with Crippen molar-refractivity contribution in [2.45, 2.75) is 6.54 Å². The molecule has 2 aromatic heterocycles. The number of hydrogen-bond donors (Lipinski definition) is 0. The predicted octanol–water partition coefficient (Wildman–Crippen LogP) is 1.72. The fourth-order valence-corrected chi connectivity index (χ4v) is 1.84. The molecule has 0 atom stereocenters. The van der Waals surface area contributed by atoms with Gasteiger partial charge in [-0.3, -0.25) is 4.79 Å². The van der Waals surface area contributed by atoms with E-state index < -0.39 is 0 Å². The van der Waals surface area contributed by atoms with Gasteiger partial charge in [0, 0.05) is 31.4 Å². The molecule has 4 nitrogen and oxygen atoms in total. The summed E-state index contributed by atoms with van der Waals surface area (Å²) in [6, 6.07) is 5.97. The number of aryl methyl sites for hydroxylation is 1. The van der Waals surface area contributed by atoms with E-state index in [4.69, 9.17) is 0 Å². The second-order valence-corrected chi connectivity index (χ2v) is 4.01. The lowest BCUT2D eigenvalue weighted by Gasteiger charge is -2.15. The molecule has 0 spiro atoms. The van der Waals surface area contributed by atoms with E-state index in [1.165, 1.54) is 6.08 Å². The van der Waals surface area contributed by atoms with Gasteiger partial charge in [0.25, 0.3) is 0 Å². The lowest BCUT2D eigenvalue weighted by atomic mass is 10.3. The molecule has 0 fully saturated rings. The first-order valence-corrected chi connectivity index (χ1v) is 5.40. The lowest BCUT2D eigenvalue weighted by Crippen LogP contribution is -2.24. The minimum absolute atomic E-state index is 0.0804. The van der Waals surface area contributed by atoms with E-state index in [0.717, 1.165) is 16.7 Å². The van der Waals surface area contributed by atoms with Gasteiger partial charge in [-0.2, -0.15) is 0 Å². The molecule has 0 aromatic carbocycles. The average Bonchev–Trinajstić information content (AvgIpc) is 2.66. The summed E-state index contributed by atoms with van der Waals surface area (Å²) in [6.07, 6.45) is 3.09. The Labute approximate surface area is 100 Å². The number of carbonyl (C=O) groups excluding carboxylic acids is 1. The van der Waals surface area contributed by atoms with Gasteiger partial charge in [-0.05, 0) is 24.3 Å².